The van der Waals surface area contributed by atoms with E-state index in [0.717, 1.165) is 39.4 Å². The number of hydrogen-bond acceptors (Lipinski definition) is 7. The molecule has 0 aliphatic rings. The van der Waals surface area contributed by atoms with Gasteiger partial charge in [0.15, 0.2) is 5.82 Å². The Morgan fingerprint density at radius 2 is 1.68 bits per heavy atom. The smallest absolute Gasteiger partial charge is 0.328 e. The van der Waals surface area contributed by atoms with E-state index in [1.165, 1.54) is 0 Å². The summed E-state index contributed by atoms with van der Waals surface area (Å²) in [5.74, 6) is 0.0462. The number of carboxylic acid groups (broad SMARTS) is 1. The number of carbonyl (C=O) groups is 1. The van der Waals surface area contributed by atoms with Gasteiger partial charge in [0.1, 0.15) is 11.9 Å². The van der Waals surface area contributed by atoms with Gasteiger partial charge in [-0.2, -0.15) is 0 Å². The van der Waals surface area contributed by atoms with E-state index in [1.807, 2.05) is 63.0 Å². The quantitative estimate of drug-likeness (QED) is 0.278. The number of hydrogen-bond donors (Lipinski definition) is 2. The molecule has 0 saturated heterocycles. The number of aryl methyl sites for hydroxylation is 2. The predicted molar refractivity (Wildman–Crippen MR) is 162 cm³/mol. The zero-order valence-electron chi connectivity index (χ0n) is 24.6. The van der Waals surface area contributed by atoms with Crippen LogP contribution in [0.2, 0.25) is 0 Å². The second-order valence-electron chi connectivity index (χ2n) is 11.7. The Labute approximate surface area is 241 Å². The van der Waals surface area contributed by atoms with Crippen LogP contribution in [0.3, 0.4) is 0 Å². The van der Waals surface area contributed by atoms with E-state index in [-0.39, 0.29) is 10.6 Å². The van der Waals surface area contributed by atoms with Crippen molar-refractivity contribution in [2.45, 2.75) is 45.6 Å². The van der Waals surface area contributed by atoms with Crippen LogP contribution in [0.4, 0.5) is 11.5 Å². The number of likely N-dealkylation sites (N-methyl/N-ethyl adjacent to an activating group) is 1. The number of rotatable bonds is 10. The number of aromatic nitrogens is 3. The molecule has 218 valence electrons. The van der Waals surface area contributed by atoms with Crippen LogP contribution in [0.15, 0.2) is 65.7 Å². The molecule has 0 radical (unpaired) electrons. The third-order valence-electron chi connectivity index (χ3n) is 6.73. The summed E-state index contributed by atoms with van der Waals surface area (Å²) in [6.45, 7) is 10.4. The lowest BCUT2D eigenvalue weighted by atomic mass is 9.86. The fourth-order valence-corrected chi connectivity index (χ4v) is 6.84. The molecule has 2 aromatic heterocycles. The highest BCUT2D eigenvalue weighted by Crippen LogP contribution is 2.36. The summed E-state index contributed by atoms with van der Waals surface area (Å²) >= 11 is 0. The molecule has 10 nitrogen and oxygen atoms in total. The van der Waals surface area contributed by atoms with E-state index in [1.54, 1.807) is 51.1 Å². The van der Waals surface area contributed by atoms with Gasteiger partial charge in [0.2, 0.25) is 0 Å². The fraction of sp³-hybridized carbons (Fsp3) is 0.367. The molecule has 0 spiro atoms. The average molecular weight is 579 g/mol. The van der Waals surface area contributed by atoms with Crippen LogP contribution in [0.25, 0.3) is 16.7 Å². The first kappa shape index (κ1) is 30.0. The molecule has 4 rings (SSSR count). The highest BCUT2D eigenvalue weighted by molar-refractivity contribution is 7.93. The minimum absolute atomic E-state index is 0.0534. The zero-order chi connectivity index (χ0) is 30.1. The SMILES string of the molecule is Cc1cc(C)cc(S(=O)(=O)N(c2ccc3c(ccn3-c3ccc(NCCN(C)C)nn3)c2)C(C(=O)O)C(C)(C)C)c1. The zero-order valence-corrected chi connectivity index (χ0v) is 25.4. The average Bonchev–Trinajstić information content (AvgIpc) is 3.29. The van der Waals surface area contributed by atoms with Crippen molar-refractivity contribution >= 4 is 38.4 Å². The monoisotopic (exact) mass is 578 g/mol. The molecule has 4 aromatic rings. The molecule has 0 aliphatic heterocycles. The van der Waals surface area contributed by atoms with Crippen LogP contribution in [-0.2, 0) is 14.8 Å². The maximum atomic E-state index is 14.2. The lowest BCUT2D eigenvalue weighted by Crippen LogP contribution is -2.52. The van der Waals surface area contributed by atoms with Crippen LogP contribution in [-0.4, -0.2) is 72.4 Å². The standard InChI is InChI=1S/C30H38N6O4S/c1-20-16-21(2)18-24(17-20)41(39,40)36(28(29(37)38)30(3,4)5)23-8-9-25-22(19-23)12-14-35(25)27-11-10-26(32-33-27)31-13-15-34(6)7/h8-12,14,16-19,28H,13,15H2,1-7H3,(H,31,32)(H,37,38). The molecule has 2 heterocycles. The van der Waals surface area contributed by atoms with E-state index in [2.05, 4.69) is 20.4 Å². The summed E-state index contributed by atoms with van der Waals surface area (Å²) in [6.07, 6.45) is 1.83. The molecule has 41 heavy (non-hydrogen) atoms. The number of anilines is 2. The first-order valence-electron chi connectivity index (χ1n) is 13.4. The lowest BCUT2D eigenvalue weighted by molar-refractivity contribution is -0.140. The van der Waals surface area contributed by atoms with E-state index < -0.39 is 27.4 Å². The highest BCUT2D eigenvalue weighted by atomic mass is 32.2. The van der Waals surface area contributed by atoms with Gasteiger partial charge in [-0.15, -0.1) is 10.2 Å². The van der Waals surface area contributed by atoms with E-state index in [4.69, 9.17) is 0 Å². The van der Waals surface area contributed by atoms with E-state index >= 15 is 0 Å². The van der Waals surface area contributed by atoms with Crippen molar-refractivity contribution < 1.29 is 18.3 Å². The number of sulfonamides is 1. The van der Waals surface area contributed by atoms with Crippen LogP contribution in [0, 0.1) is 19.3 Å². The Kier molecular flexibility index (Phi) is 8.41. The van der Waals surface area contributed by atoms with Crippen LogP contribution in [0.5, 0.6) is 0 Å². The Morgan fingerprint density at radius 1 is 1.00 bits per heavy atom. The third-order valence-corrected chi connectivity index (χ3v) is 8.50. The van der Waals surface area contributed by atoms with Crippen molar-refractivity contribution in [2.24, 2.45) is 5.41 Å². The molecule has 0 bridgehead atoms. The van der Waals surface area contributed by atoms with Gasteiger partial charge in [-0.25, -0.2) is 13.2 Å². The summed E-state index contributed by atoms with van der Waals surface area (Å²) in [5, 5.41) is 22.9. The second-order valence-corrected chi connectivity index (χ2v) is 13.5. The molecule has 1 atom stereocenters. The number of fused-ring (bicyclic) bond motifs is 1. The topological polar surface area (TPSA) is 121 Å². The number of aliphatic carboxylic acids is 1. The van der Waals surface area contributed by atoms with Gasteiger partial charge < -0.3 is 15.3 Å². The Hall–Kier alpha value is -3.96. The molecule has 0 fully saturated rings. The van der Waals surface area contributed by atoms with Gasteiger partial charge >= 0.3 is 5.97 Å². The molecule has 1 unspecified atom stereocenters. The number of nitrogens with zero attached hydrogens (tertiary/aromatic N) is 5. The van der Waals surface area contributed by atoms with Gasteiger partial charge in [0.25, 0.3) is 10.0 Å². The lowest BCUT2D eigenvalue weighted by Gasteiger charge is -2.38. The number of nitrogens with one attached hydrogen (secondary N) is 1. The van der Waals surface area contributed by atoms with Gasteiger partial charge in [-0.1, -0.05) is 26.8 Å². The Bertz CT molecular complexity index is 1640. The van der Waals surface area contributed by atoms with Gasteiger partial charge in [0, 0.05) is 24.7 Å². The highest BCUT2D eigenvalue weighted by Gasteiger charge is 2.43. The van der Waals surface area contributed by atoms with E-state index in [0.29, 0.717) is 11.6 Å². The number of carboxylic acids is 1. The van der Waals surface area contributed by atoms with Crippen LogP contribution < -0.4 is 9.62 Å². The van der Waals surface area contributed by atoms with Gasteiger partial charge in [-0.05, 0) is 93.0 Å². The minimum Gasteiger partial charge on any atom is -0.480 e. The summed E-state index contributed by atoms with van der Waals surface area (Å²) < 4.78 is 31.2. The summed E-state index contributed by atoms with van der Waals surface area (Å²) in [7, 11) is -0.241. The molecule has 11 heteroatoms. The van der Waals surface area contributed by atoms with E-state index in [9.17, 15) is 18.3 Å². The third kappa shape index (κ3) is 6.52. The van der Waals surface area contributed by atoms with Gasteiger partial charge in [0.05, 0.1) is 16.1 Å². The summed E-state index contributed by atoms with van der Waals surface area (Å²) in [4.78, 5) is 14.7. The summed E-state index contributed by atoms with van der Waals surface area (Å²) in [5.41, 5.74) is 1.69. The van der Waals surface area contributed by atoms with Crippen molar-refractivity contribution in [3.63, 3.8) is 0 Å². The van der Waals surface area contributed by atoms with Crippen LogP contribution >= 0.6 is 0 Å². The van der Waals surface area contributed by atoms with Crippen molar-refractivity contribution in [2.75, 3.05) is 36.8 Å². The minimum atomic E-state index is -4.25. The van der Waals surface area contributed by atoms with Crippen molar-refractivity contribution in [1.29, 1.82) is 0 Å². The molecule has 0 saturated carbocycles. The molecule has 2 aromatic carbocycles. The second kappa shape index (κ2) is 11.5. The molecular formula is C30H38N6O4S. The predicted octanol–water partition coefficient (Wildman–Crippen LogP) is 4.71. The molecule has 2 N–H and O–H groups in total. The summed E-state index contributed by atoms with van der Waals surface area (Å²) in [6, 6.07) is 14.4. The van der Waals surface area contributed by atoms with Crippen molar-refractivity contribution in [1.82, 2.24) is 19.7 Å². The molecule has 0 amide bonds. The van der Waals surface area contributed by atoms with Crippen LogP contribution in [0.1, 0.15) is 31.9 Å². The van der Waals surface area contributed by atoms with Crippen molar-refractivity contribution in [3.05, 3.63) is 71.9 Å². The fourth-order valence-electron chi connectivity index (χ4n) is 4.87. The normalized spacial score (nSPS) is 13.0. The molecular weight excluding hydrogens is 540 g/mol. The maximum absolute atomic E-state index is 14.2. The first-order valence-corrected chi connectivity index (χ1v) is 14.8. The Morgan fingerprint density at radius 3 is 2.24 bits per heavy atom. The number of benzene rings is 2. The van der Waals surface area contributed by atoms with Gasteiger partial charge in [-0.3, -0.25) is 8.87 Å². The maximum Gasteiger partial charge on any atom is 0.328 e. The Balaban J connectivity index is 1.77. The molecule has 0 aliphatic carbocycles. The van der Waals surface area contributed by atoms with Crippen molar-refractivity contribution in [3.8, 4) is 5.82 Å². The first-order chi connectivity index (χ1) is 19.2. The largest absolute Gasteiger partial charge is 0.480 e.